The van der Waals surface area contributed by atoms with Gasteiger partial charge in [0.25, 0.3) is 0 Å². The first-order valence-corrected chi connectivity index (χ1v) is 3.55. The highest BCUT2D eigenvalue weighted by Gasteiger charge is 1.98. The Bertz CT molecular complexity index is 166. The van der Waals surface area contributed by atoms with E-state index in [2.05, 4.69) is 21.8 Å². The Labute approximate surface area is 57.6 Å². The quantitative estimate of drug-likeness (QED) is 0.568. The molecule has 0 bridgehead atoms. The van der Waals surface area contributed by atoms with Crippen LogP contribution in [0.4, 0.5) is 0 Å². The van der Waals surface area contributed by atoms with E-state index in [4.69, 9.17) is 0 Å². The van der Waals surface area contributed by atoms with Gasteiger partial charge in [0.05, 0.1) is 0 Å². The van der Waals surface area contributed by atoms with Crippen LogP contribution in [0.15, 0.2) is 5.16 Å². The highest BCUT2D eigenvalue weighted by Crippen LogP contribution is 2.08. The molecule has 0 saturated heterocycles. The van der Waals surface area contributed by atoms with Gasteiger partial charge < -0.3 is 0 Å². The average molecular weight is 143 g/mol. The van der Waals surface area contributed by atoms with Crippen LogP contribution < -0.4 is 0 Å². The smallest absolute Gasteiger partial charge is 0.209 e. The number of rotatable bonds is 2. The standard InChI is InChI=1S/C4H7N4S/c1-3-8-4(9-2)5-6-7-8/h2-3H2,1H3. The van der Waals surface area contributed by atoms with Crippen LogP contribution in [0.2, 0.25) is 0 Å². The van der Waals surface area contributed by atoms with Crippen molar-refractivity contribution < 1.29 is 0 Å². The number of hydrogen-bond acceptors (Lipinski definition) is 4. The lowest BCUT2D eigenvalue weighted by Gasteiger charge is -1.93. The average Bonchev–Trinajstić information content (AvgIpc) is 2.33. The zero-order valence-corrected chi connectivity index (χ0v) is 5.93. The Morgan fingerprint density at radius 1 is 1.78 bits per heavy atom. The van der Waals surface area contributed by atoms with Crippen LogP contribution in [0.3, 0.4) is 0 Å². The summed E-state index contributed by atoms with van der Waals surface area (Å²) < 4.78 is 1.69. The molecule has 0 spiro atoms. The number of aromatic nitrogens is 4. The van der Waals surface area contributed by atoms with Crippen LogP contribution >= 0.6 is 11.8 Å². The molecule has 0 unspecified atom stereocenters. The summed E-state index contributed by atoms with van der Waals surface area (Å²) in [5.74, 6) is 0. The molecule has 0 aromatic carbocycles. The first-order valence-electron chi connectivity index (χ1n) is 2.56. The monoisotopic (exact) mass is 143 g/mol. The third kappa shape index (κ3) is 1.21. The van der Waals surface area contributed by atoms with Crippen molar-refractivity contribution in [2.75, 3.05) is 0 Å². The Hall–Kier alpha value is -0.580. The topological polar surface area (TPSA) is 43.6 Å². The predicted octanol–water partition coefficient (Wildman–Crippen LogP) is 0.577. The van der Waals surface area contributed by atoms with Crippen LogP contribution in [-0.4, -0.2) is 20.2 Å². The van der Waals surface area contributed by atoms with Crippen LogP contribution in [-0.2, 0) is 6.54 Å². The maximum Gasteiger partial charge on any atom is 0.209 e. The molecule has 1 aromatic rings. The number of thioether (sulfide) groups is 1. The molecule has 0 N–H and O–H groups in total. The van der Waals surface area contributed by atoms with Gasteiger partial charge in [0.2, 0.25) is 5.16 Å². The van der Waals surface area contributed by atoms with E-state index in [0.717, 1.165) is 11.7 Å². The molecule has 1 heterocycles. The summed E-state index contributed by atoms with van der Waals surface area (Å²) in [4.78, 5) is 0. The molecule has 0 aliphatic carbocycles. The number of tetrazole rings is 1. The van der Waals surface area contributed by atoms with Gasteiger partial charge >= 0.3 is 0 Å². The highest BCUT2D eigenvalue weighted by molar-refractivity contribution is 8.00. The number of nitrogens with zero attached hydrogens (tertiary/aromatic N) is 4. The molecule has 0 saturated carbocycles. The van der Waals surface area contributed by atoms with Crippen LogP contribution in [0, 0.1) is 6.26 Å². The Morgan fingerprint density at radius 3 is 3.00 bits per heavy atom. The molecule has 0 fully saturated rings. The zero-order valence-electron chi connectivity index (χ0n) is 5.11. The van der Waals surface area contributed by atoms with Gasteiger partial charge in [0, 0.05) is 12.8 Å². The molecule has 5 heteroatoms. The van der Waals surface area contributed by atoms with Crippen LogP contribution in [0.1, 0.15) is 6.92 Å². The van der Waals surface area contributed by atoms with Crippen molar-refractivity contribution >= 4 is 11.8 Å². The van der Waals surface area contributed by atoms with Gasteiger partial charge in [0.15, 0.2) is 0 Å². The second kappa shape index (κ2) is 2.82. The fraction of sp³-hybridized carbons (Fsp3) is 0.500. The number of hydrogen-bond donors (Lipinski definition) is 0. The van der Waals surface area contributed by atoms with E-state index in [1.54, 1.807) is 4.68 Å². The van der Waals surface area contributed by atoms with Crippen molar-refractivity contribution in [3.8, 4) is 0 Å². The normalized spacial score (nSPS) is 10.0. The molecule has 0 amide bonds. The molecule has 1 rings (SSSR count). The fourth-order valence-electron chi connectivity index (χ4n) is 0.498. The van der Waals surface area contributed by atoms with E-state index < -0.39 is 0 Å². The van der Waals surface area contributed by atoms with Gasteiger partial charge in [-0.05, 0) is 17.4 Å². The lowest BCUT2D eigenvalue weighted by Crippen LogP contribution is -1.97. The van der Waals surface area contributed by atoms with Crippen molar-refractivity contribution in [1.29, 1.82) is 0 Å². The second-order valence-electron chi connectivity index (χ2n) is 1.42. The second-order valence-corrected chi connectivity index (χ2v) is 2.08. The minimum Gasteiger partial charge on any atom is -0.221 e. The van der Waals surface area contributed by atoms with E-state index in [0.29, 0.717) is 0 Å². The summed E-state index contributed by atoms with van der Waals surface area (Å²) in [7, 11) is 0. The Morgan fingerprint density at radius 2 is 2.56 bits per heavy atom. The maximum absolute atomic E-state index is 3.71. The molecular formula is C4H7N4S. The van der Waals surface area contributed by atoms with Gasteiger partial charge in [-0.2, -0.15) is 0 Å². The molecule has 0 aliphatic rings. The van der Waals surface area contributed by atoms with E-state index in [-0.39, 0.29) is 0 Å². The molecule has 0 atom stereocenters. The predicted molar refractivity (Wildman–Crippen MR) is 34.7 cm³/mol. The highest BCUT2D eigenvalue weighted by atomic mass is 32.2. The maximum atomic E-state index is 3.71. The largest absolute Gasteiger partial charge is 0.221 e. The fourth-order valence-corrected chi connectivity index (χ4v) is 0.907. The van der Waals surface area contributed by atoms with E-state index >= 15 is 0 Å². The minimum atomic E-state index is 0.762. The summed E-state index contributed by atoms with van der Waals surface area (Å²) in [5.41, 5.74) is 0. The molecule has 1 radical (unpaired) electrons. The van der Waals surface area contributed by atoms with E-state index in [1.165, 1.54) is 11.8 Å². The first-order chi connectivity index (χ1) is 4.38. The summed E-state index contributed by atoms with van der Waals surface area (Å²) in [6.45, 7) is 2.78. The SMILES string of the molecule is [CH2]Sc1nnnn1CC. The van der Waals surface area contributed by atoms with Crippen molar-refractivity contribution in [1.82, 2.24) is 20.2 Å². The lowest BCUT2D eigenvalue weighted by molar-refractivity contribution is 0.582. The third-order valence-electron chi connectivity index (χ3n) is 0.928. The Balaban J connectivity index is 2.85. The van der Waals surface area contributed by atoms with Gasteiger partial charge in [0.1, 0.15) is 0 Å². The molecule has 4 nitrogen and oxygen atoms in total. The third-order valence-corrected chi connectivity index (χ3v) is 1.48. The van der Waals surface area contributed by atoms with E-state index in [9.17, 15) is 0 Å². The summed E-state index contributed by atoms with van der Waals surface area (Å²) in [6, 6.07) is 0. The number of aryl methyl sites for hydroxylation is 1. The van der Waals surface area contributed by atoms with Crippen LogP contribution in [0.5, 0.6) is 0 Å². The van der Waals surface area contributed by atoms with Crippen molar-refractivity contribution in [2.45, 2.75) is 18.6 Å². The van der Waals surface area contributed by atoms with Gasteiger partial charge in [-0.15, -0.1) is 5.10 Å². The van der Waals surface area contributed by atoms with Gasteiger partial charge in [-0.1, -0.05) is 11.8 Å². The van der Waals surface area contributed by atoms with Gasteiger partial charge in [-0.25, -0.2) is 4.68 Å². The first kappa shape index (κ1) is 6.54. The Kier molecular flexibility index (Phi) is 2.05. The molecule has 9 heavy (non-hydrogen) atoms. The zero-order chi connectivity index (χ0) is 6.69. The van der Waals surface area contributed by atoms with Crippen molar-refractivity contribution in [3.05, 3.63) is 6.26 Å². The van der Waals surface area contributed by atoms with Crippen LogP contribution in [0.25, 0.3) is 0 Å². The lowest BCUT2D eigenvalue weighted by atomic mass is 10.8. The van der Waals surface area contributed by atoms with Crippen molar-refractivity contribution in [2.24, 2.45) is 0 Å². The summed E-state index contributed by atoms with van der Waals surface area (Å²) in [5, 5.41) is 11.6. The molecule has 49 valence electrons. The summed E-state index contributed by atoms with van der Waals surface area (Å²) >= 11 is 1.30. The minimum absolute atomic E-state index is 0.762. The molecular weight excluding hydrogens is 136 g/mol. The van der Waals surface area contributed by atoms with Gasteiger partial charge in [-0.3, -0.25) is 0 Å². The van der Waals surface area contributed by atoms with Crippen molar-refractivity contribution in [3.63, 3.8) is 0 Å². The molecule has 0 aliphatic heterocycles. The van der Waals surface area contributed by atoms with E-state index in [1.807, 2.05) is 6.92 Å². The molecule has 1 aromatic heterocycles. The summed E-state index contributed by atoms with van der Waals surface area (Å²) in [6.07, 6.45) is 3.59.